The lowest BCUT2D eigenvalue weighted by molar-refractivity contribution is -0.142. The molecule has 0 spiro atoms. The number of benzene rings is 4. The van der Waals surface area contributed by atoms with Crippen LogP contribution in [0.2, 0.25) is 10.0 Å². The van der Waals surface area contributed by atoms with Gasteiger partial charge < -0.3 is 14.6 Å². The highest BCUT2D eigenvalue weighted by atomic mass is 127. The molecule has 10 nitrogen and oxygen atoms in total. The molecular weight excluding hydrogens is 844 g/mol. The van der Waals surface area contributed by atoms with Crippen LogP contribution in [0.1, 0.15) is 35.4 Å². The van der Waals surface area contributed by atoms with Gasteiger partial charge in [-0.15, -0.1) is 0 Å². The molecule has 13 heteroatoms. The van der Waals surface area contributed by atoms with Gasteiger partial charge in [0, 0.05) is 10.9 Å². The van der Waals surface area contributed by atoms with Gasteiger partial charge in [-0.25, -0.2) is 0 Å². The summed E-state index contributed by atoms with van der Waals surface area (Å²) in [7, 11) is 2.99. The van der Waals surface area contributed by atoms with E-state index in [0.29, 0.717) is 31.2 Å². The predicted octanol–water partition coefficient (Wildman–Crippen LogP) is 7.51. The van der Waals surface area contributed by atoms with Crippen LogP contribution in [0, 0.1) is 27.2 Å². The van der Waals surface area contributed by atoms with Gasteiger partial charge in [0.05, 0.1) is 58.2 Å². The quantitative estimate of drug-likeness (QED) is 0.106. The number of phenolic OH excluding ortho intramolecular Hbond substituents is 1. The minimum atomic E-state index is -1.55. The highest BCUT2D eigenvalue weighted by Gasteiger charge is 2.70. The number of ether oxygens (including phenoxy) is 2. The molecule has 0 bridgehead atoms. The average molecular weight is 879 g/mol. The number of nitrogens with one attached hydrogen (secondary N) is 1. The summed E-state index contributed by atoms with van der Waals surface area (Å²) < 4.78 is 11.6. The summed E-state index contributed by atoms with van der Waals surface area (Å²) in [6.07, 6.45) is 2.39. The zero-order chi connectivity index (χ0) is 38.1. The molecule has 4 amide bonds. The molecule has 2 N–H and O–H groups in total. The topological polar surface area (TPSA) is 125 Å². The van der Waals surface area contributed by atoms with Crippen molar-refractivity contribution in [3.8, 4) is 17.2 Å². The molecule has 6 atom stereocenters. The highest BCUT2D eigenvalue weighted by molar-refractivity contribution is 14.1. The minimum Gasteiger partial charge on any atom is -0.504 e. The molecular formula is C41H34Cl2IN3O7. The van der Waals surface area contributed by atoms with Gasteiger partial charge in [-0.3, -0.25) is 29.5 Å². The van der Waals surface area contributed by atoms with Crippen LogP contribution in [-0.4, -0.2) is 52.9 Å². The second kappa shape index (κ2) is 13.9. The number of methoxy groups -OCH3 is 2. The Morgan fingerprint density at radius 3 is 2.31 bits per heavy atom. The van der Waals surface area contributed by atoms with E-state index in [1.54, 1.807) is 55.6 Å². The normalized spacial score (nSPS) is 25.9. The molecule has 0 radical (unpaired) electrons. The maximum atomic E-state index is 15.5. The molecule has 2 aliphatic heterocycles. The molecule has 1 saturated carbocycles. The number of phenols is 1. The summed E-state index contributed by atoms with van der Waals surface area (Å²) in [6, 6.07) is 24.6. The summed E-state index contributed by atoms with van der Waals surface area (Å²) >= 11 is 14.8. The summed E-state index contributed by atoms with van der Waals surface area (Å²) in [5, 5.41) is 12.6. The van der Waals surface area contributed by atoms with Gasteiger partial charge in [0.15, 0.2) is 11.5 Å². The van der Waals surface area contributed by atoms with Gasteiger partial charge >= 0.3 is 0 Å². The second-order valence-corrected chi connectivity index (χ2v) is 16.0. The van der Waals surface area contributed by atoms with E-state index < -0.39 is 46.8 Å². The zero-order valence-electron chi connectivity index (χ0n) is 29.1. The van der Waals surface area contributed by atoms with E-state index in [1.807, 2.05) is 59.0 Å². The van der Waals surface area contributed by atoms with E-state index in [-0.39, 0.29) is 47.7 Å². The number of imide groups is 2. The monoisotopic (exact) mass is 877 g/mol. The van der Waals surface area contributed by atoms with E-state index in [9.17, 15) is 19.5 Å². The smallest absolute Gasteiger partial charge is 0.260 e. The highest BCUT2D eigenvalue weighted by Crippen LogP contribution is 2.64. The minimum absolute atomic E-state index is 0.0652. The Hall–Kier alpha value is -4.59. The van der Waals surface area contributed by atoms with Crippen LogP contribution >= 0.6 is 45.8 Å². The van der Waals surface area contributed by atoms with Crippen molar-refractivity contribution in [2.75, 3.05) is 19.6 Å². The van der Waals surface area contributed by atoms with Gasteiger partial charge in [0.1, 0.15) is 5.75 Å². The summed E-state index contributed by atoms with van der Waals surface area (Å²) in [5.41, 5.74) is 4.53. The number of likely N-dealkylation sites (tertiary alicyclic amines) is 1. The van der Waals surface area contributed by atoms with Crippen LogP contribution in [0.4, 0.5) is 5.69 Å². The number of amides is 4. The maximum absolute atomic E-state index is 15.5. The van der Waals surface area contributed by atoms with Crippen molar-refractivity contribution in [3.63, 3.8) is 0 Å². The van der Waals surface area contributed by atoms with Crippen LogP contribution in [0.3, 0.4) is 0 Å². The zero-order valence-corrected chi connectivity index (χ0v) is 32.8. The number of hydrazine groups is 1. The van der Waals surface area contributed by atoms with Crippen LogP contribution in [0.15, 0.2) is 96.6 Å². The Bertz CT molecular complexity index is 2250. The van der Waals surface area contributed by atoms with E-state index >= 15 is 4.79 Å². The molecule has 2 saturated heterocycles. The second-order valence-electron chi connectivity index (χ2n) is 14.0. The van der Waals surface area contributed by atoms with Gasteiger partial charge in [0.2, 0.25) is 11.8 Å². The molecule has 6 unspecified atom stereocenters. The number of nitrogens with zero attached hydrogens (tertiary/aromatic N) is 2. The standard InChI is InChI=1S/C41H34Cl2IN3O7/c1-53-25-11-8-23(9-12-25)41-29(38(50)47(40(41)52)45-32-15-10-24(42)18-30(32)43)19-28-26(35(41)22-16-31(44)36(48)33(17-22)54-2)13-14-27-34(28)39(51)46(37(27)49)20-21-6-4-3-5-7-21/h3-13,15-18,27-29,34-35,45,48H,14,19-20H2,1-2H3. The van der Waals surface area contributed by atoms with Crippen molar-refractivity contribution in [1.29, 1.82) is 0 Å². The van der Waals surface area contributed by atoms with Crippen LogP contribution < -0.4 is 14.9 Å². The lowest BCUT2D eigenvalue weighted by atomic mass is 9.49. The molecule has 54 heavy (non-hydrogen) atoms. The number of halogens is 3. The van der Waals surface area contributed by atoms with Gasteiger partial charge in [0.25, 0.3) is 11.8 Å². The summed E-state index contributed by atoms with van der Waals surface area (Å²) in [5.74, 6) is -4.63. The molecule has 0 aromatic heterocycles. The Labute approximate surface area is 335 Å². The number of rotatable bonds is 8. The Kier molecular flexibility index (Phi) is 9.38. The number of allylic oxidation sites excluding steroid dienone is 2. The number of hydrogen-bond donors (Lipinski definition) is 2. The molecule has 2 heterocycles. The summed E-state index contributed by atoms with van der Waals surface area (Å²) in [4.78, 5) is 60.3. The fourth-order valence-corrected chi connectivity index (χ4v) is 10.2. The van der Waals surface area contributed by atoms with E-state index in [2.05, 4.69) is 5.43 Å². The van der Waals surface area contributed by atoms with Crippen LogP contribution in [0.5, 0.6) is 17.2 Å². The number of fused-ring (bicyclic) bond motifs is 4. The number of carbonyl (C=O) groups excluding carboxylic acids is 4. The third kappa shape index (κ3) is 5.57. The lowest BCUT2D eigenvalue weighted by Crippen LogP contribution is -2.53. The first-order valence-corrected chi connectivity index (χ1v) is 19.2. The molecule has 2 aliphatic carbocycles. The molecule has 8 rings (SSSR count). The SMILES string of the molecule is COc1ccc(C23C(=O)N(Nc4ccc(Cl)cc4Cl)C(=O)C2CC2C(=CCC4C(=O)N(Cc5ccccc5)C(=O)C42)C3c2cc(I)c(O)c(OC)c2)cc1. The van der Waals surface area contributed by atoms with Gasteiger partial charge in [-0.05, 0) is 101 Å². The maximum Gasteiger partial charge on any atom is 0.260 e. The van der Waals surface area contributed by atoms with E-state index in [0.717, 1.165) is 16.1 Å². The van der Waals surface area contributed by atoms with Crippen molar-refractivity contribution in [3.05, 3.63) is 127 Å². The molecule has 4 aromatic carbocycles. The van der Waals surface area contributed by atoms with Gasteiger partial charge in [-0.1, -0.05) is 77.3 Å². The number of anilines is 1. The van der Waals surface area contributed by atoms with Crippen molar-refractivity contribution in [2.24, 2.45) is 23.7 Å². The number of hydrogen-bond acceptors (Lipinski definition) is 8. The molecule has 4 aliphatic rings. The van der Waals surface area contributed by atoms with Crippen molar-refractivity contribution < 1.29 is 33.8 Å². The van der Waals surface area contributed by atoms with Crippen LogP contribution in [0.25, 0.3) is 0 Å². The van der Waals surface area contributed by atoms with Gasteiger partial charge in [-0.2, -0.15) is 5.01 Å². The first-order valence-electron chi connectivity index (χ1n) is 17.4. The first kappa shape index (κ1) is 36.4. The number of aromatic hydroxyl groups is 1. The lowest BCUT2D eigenvalue weighted by Gasteiger charge is -2.50. The summed E-state index contributed by atoms with van der Waals surface area (Å²) in [6.45, 7) is 0.139. The predicted molar refractivity (Wildman–Crippen MR) is 210 cm³/mol. The third-order valence-electron chi connectivity index (χ3n) is 11.5. The van der Waals surface area contributed by atoms with Crippen molar-refractivity contribution >= 4 is 75.1 Å². The third-order valence-corrected chi connectivity index (χ3v) is 12.8. The molecule has 4 aromatic rings. The van der Waals surface area contributed by atoms with E-state index in [1.165, 1.54) is 18.1 Å². The Morgan fingerprint density at radius 2 is 1.63 bits per heavy atom. The Morgan fingerprint density at radius 1 is 0.889 bits per heavy atom. The molecule has 3 fully saturated rings. The average Bonchev–Trinajstić information content (AvgIpc) is 3.54. The Balaban J connectivity index is 1.33. The van der Waals surface area contributed by atoms with Crippen molar-refractivity contribution in [2.45, 2.75) is 30.7 Å². The van der Waals surface area contributed by atoms with Crippen LogP contribution in [-0.2, 0) is 31.1 Å². The number of carbonyl (C=O) groups is 4. The van der Waals surface area contributed by atoms with Crippen molar-refractivity contribution in [1.82, 2.24) is 9.91 Å². The molecule has 276 valence electrons. The van der Waals surface area contributed by atoms with E-state index in [4.69, 9.17) is 32.7 Å². The fourth-order valence-electron chi connectivity index (χ4n) is 9.12. The fraction of sp³-hybridized carbons (Fsp3) is 0.268. The largest absolute Gasteiger partial charge is 0.504 e. The first-order chi connectivity index (χ1) is 26.0.